The van der Waals surface area contributed by atoms with Crippen molar-refractivity contribution < 1.29 is 22.7 Å². The summed E-state index contributed by atoms with van der Waals surface area (Å²) in [5.41, 5.74) is 0.305. The molecular formula is C17H15Cl2NO5S. The first-order chi connectivity index (χ1) is 12.1. The summed E-state index contributed by atoms with van der Waals surface area (Å²) in [5.74, 6) is -1.43. The van der Waals surface area contributed by atoms with Crippen molar-refractivity contribution in [3.63, 3.8) is 0 Å². The van der Waals surface area contributed by atoms with Gasteiger partial charge in [0.15, 0.2) is 15.9 Å². The van der Waals surface area contributed by atoms with Gasteiger partial charge in [-0.15, -0.1) is 0 Å². The smallest absolute Gasteiger partial charge is 0.338 e. The van der Waals surface area contributed by atoms with Gasteiger partial charge in [0.25, 0.3) is 5.91 Å². The van der Waals surface area contributed by atoms with E-state index in [-0.39, 0.29) is 21.2 Å². The highest BCUT2D eigenvalue weighted by molar-refractivity contribution is 7.90. The van der Waals surface area contributed by atoms with Crippen molar-refractivity contribution in [3.05, 3.63) is 58.1 Å². The number of nitrogens with one attached hydrogen (secondary N) is 1. The Morgan fingerprint density at radius 2 is 1.81 bits per heavy atom. The summed E-state index contributed by atoms with van der Waals surface area (Å²) in [6.45, 7) is 1.38. The second-order valence-electron chi connectivity index (χ2n) is 5.46. The van der Waals surface area contributed by atoms with Crippen molar-refractivity contribution in [2.24, 2.45) is 0 Å². The van der Waals surface area contributed by atoms with E-state index in [1.165, 1.54) is 43.3 Å². The third kappa shape index (κ3) is 5.20. The molecule has 0 fully saturated rings. The van der Waals surface area contributed by atoms with E-state index in [4.69, 9.17) is 27.9 Å². The average Bonchev–Trinajstić information content (AvgIpc) is 2.57. The molecule has 6 nitrogen and oxygen atoms in total. The third-order valence-corrected chi connectivity index (χ3v) is 5.01. The number of amides is 1. The Kier molecular flexibility index (Phi) is 6.28. The fourth-order valence-corrected chi connectivity index (χ4v) is 2.97. The van der Waals surface area contributed by atoms with Gasteiger partial charge in [-0.2, -0.15) is 0 Å². The zero-order valence-electron chi connectivity index (χ0n) is 13.8. The monoisotopic (exact) mass is 415 g/mol. The van der Waals surface area contributed by atoms with Gasteiger partial charge in [-0.1, -0.05) is 29.3 Å². The molecule has 0 radical (unpaired) electrons. The van der Waals surface area contributed by atoms with E-state index in [1.54, 1.807) is 6.07 Å². The molecular weight excluding hydrogens is 401 g/mol. The first-order valence-corrected chi connectivity index (χ1v) is 9.99. The van der Waals surface area contributed by atoms with Gasteiger partial charge >= 0.3 is 5.97 Å². The number of hydrogen-bond donors (Lipinski definition) is 1. The molecule has 0 aliphatic heterocycles. The lowest BCUT2D eigenvalue weighted by atomic mass is 10.2. The van der Waals surface area contributed by atoms with E-state index in [9.17, 15) is 18.0 Å². The number of anilines is 1. The van der Waals surface area contributed by atoms with E-state index in [1.807, 2.05) is 0 Å². The van der Waals surface area contributed by atoms with Crippen molar-refractivity contribution in [3.8, 4) is 0 Å². The van der Waals surface area contributed by atoms with Gasteiger partial charge in [0.2, 0.25) is 0 Å². The maximum atomic E-state index is 12.2. The normalized spacial score (nSPS) is 12.3. The average molecular weight is 416 g/mol. The topological polar surface area (TPSA) is 89.5 Å². The lowest BCUT2D eigenvalue weighted by Gasteiger charge is -2.14. The molecule has 2 aromatic carbocycles. The standard InChI is InChI=1S/C17H15Cl2NO5S/c1-10(16(21)20-15-9-12(18)6-7-14(15)19)25-17(22)11-4-3-5-13(8-11)26(2,23)24/h3-10H,1-2H3,(H,20,21)/t10-/m0/s1. The van der Waals surface area contributed by atoms with Crippen LogP contribution in [0, 0.1) is 0 Å². The Bertz CT molecular complexity index is 959. The fraction of sp³-hybridized carbons (Fsp3) is 0.176. The molecule has 138 valence electrons. The van der Waals surface area contributed by atoms with Gasteiger partial charge < -0.3 is 10.1 Å². The van der Waals surface area contributed by atoms with Crippen LogP contribution in [-0.4, -0.2) is 32.7 Å². The summed E-state index contributed by atoms with van der Waals surface area (Å²) in [6, 6.07) is 9.93. The minimum atomic E-state index is -3.47. The lowest BCUT2D eigenvalue weighted by Crippen LogP contribution is -2.30. The van der Waals surface area contributed by atoms with Crippen molar-refractivity contribution >= 4 is 50.6 Å². The summed E-state index contributed by atoms with van der Waals surface area (Å²) in [7, 11) is -3.47. The summed E-state index contributed by atoms with van der Waals surface area (Å²) < 4.78 is 28.2. The molecule has 0 heterocycles. The molecule has 9 heteroatoms. The highest BCUT2D eigenvalue weighted by Gasteiger charge is 2.21. The van der Waals surface area contributed by atoms with E-state index in [0.717, 1.165) is 6.26 Å². The maximum absolute atomic E-state index is 12.2. The van der Waals surface area contributed by atoms with Crippen LogP contribution in [0.4, 0.5) is 5.69 Å². The number of ether oxygens (including phenoxy) is 1. The molecule has 0 unspecified atom stereocenters. The quantitative estimate of drug-likeness (QED) is 0.753. The van der Waals surface area contributed by atoms with E-state index in [2.05, 4.69) is 5.32 Å². The summed E-state index contributed by atoms with van der Waals surface area (Å²) in [4.78, 5) is 24.3. The Morgan fingerprint density at radius 3 is 2.46 bits per heavy atom. The Labute approximate surface area is 161 Å². The number of halogens is 2. The zero-order valence-corrected chi connectivity index (χ0v) is 16.2. The van der Waals surface area contributed by atoms with Crippen LogP contribution in [0.1, 0.15) is 17.3 Å². The molecule has 1 N–H and O–H groups in total. The number of esters is 1. The van der Waals surface area contributed by atoms with Crippen LogP contribution in [0.2, 0.25) is 10.0 Å². The van der Waals surface area contributed by atoms with Gasteiger partial charge in [-0.05, 0) is 43.3 Å². The second kappa shape index (κ2) is 8.07. The number of sulfone groups is 1. The molecule has 1 amide bonds. The predicted molar refractivity (Wildman–Crippen MR) is 99.5 cm³/mol. The van der Waals surface area contributed by atoms with Gasteiger partial charge in [0, 0.05) is 11.3 Å². The number of carbonyl (C=O) groups is 2. The zero-order chi connectivity index (χ0) is 19.5. The van der Waals surface area contributed by atoms with Crippen molar-refractivity contribution in [1.29, 1.82) is 0 Å². The third-order valence-electron chi connectivity index (χ3n) is 3.34. The largest absolute Gasteiger partial charge is 0.449 e. The number of benzene rings is 2. The van der Waals surface area contributed by atoms with Gasteiger partial charge in [0.1, 0.15) is 0 Å². The number of rotatable bonds is 5. The Balaban J connectivity index is 2.09. The van der Waals surface area contributed by atoms with Gasteiger partial charge in [0.05, 0.1) is 21.2 Å². The lowest BCUT2D eigenvalue weighted by molar-refractivity contribution is -0.123. The highest BCUT2D eigenvalue weighted by Crippen LogP contribution is 2.25. The minimum absolute atomic E-state index is 0.0187. The van der Waals surface area contributed by atoms with Crippen molar-refractivity contribution in [2.75, 3.05) is 11.6 Å². The fourth-order valence-electron chi connectivity index (χ4n) is 1.96. The molecule has 0 saturated heterocycles. The van der Waals surface area contributed by atoms with Crippen molar-refractivity contribution in [1.82, 2.24) is 0 Å². The van der Waals surface area contributed by atoms with Crippen LogP contribution in [-0.2, 0) is 19.4 Å². The molecule has 2 rings (SSSR count). The van der Waals surface area contributed by atoms with Crippen molar-refractivity contribution in [2.45, 2.75) is 17.9 Å². The molecule has 0 spiro atoms. The minimum Gasteiger partial charge on any atom is -0.449 e. The van der Waals surface area contributed by atoms with E-state index < -0.39 is 27.8 Å². The molecule has 26 heavy (non-hydrogen) atoms. The SMILES string of the molecule is C[C@H](OC(=O)c1cccc(S(C)(=O)=O)c1)C(=O)Nc1cc(Cl)ccc1Cl. The van der Waals surface area contributed by atoms with E-state index in [0.29, 0.717) is 5.02 Å². The predicted octanol–water partition coefficient (Wildman–Crippen LogP) is 3.58. The highest BCUT2D eigenvalue weighted by atomic mass is 35.5. The van der Waals surface area contributed by atoms with Gasteiger partial charge in [-0.3, -0.25) is 4.79 Å². The Hall–Kier alpha value is -2.09. The molecule has 1 atom stereocenters. The van der Waals surface area contributed by atoms with Crippen LogP contribution in [0.5, 0.6) is 0 Å². The summed E-state index contributed by atoms with van der Waals surface area (Å²) in [6.07, 6.45) is -0.109. The van der Waals surface area contributed by atoms with Crippen LogP contribution in [0.15, 0.2) is 47.4 Å². The van der Waals surface area contributed by atoms with Gasteiger partial charge in [-0.25, -0.2) is 13.2 Å². The second-order valence-corrected chi connectivity index (χ2v) is 8.32. The first kappa shape index (κ1) is 20.2. The molecule has 0 saturated carbocycles. The summed E-state index contributed by atoms with van der Waals surface area (Å²) >= 11 is 11.8. The maximum Gasteiger partial charge on any atom is 0.338 e. The molecule has 2 aromatic rings. The first-order valence-electron chi connectivity index (χ1n) is 7.35. The van der Waals surface area contributed by atoms with Crippen LogP contribution in [0.3, 0.4) is 0 Å². The molecule has 0 aliphatic rings. The number of hydrogen-bond acceptors (Lipinski definition) is 5. The van der Waals surface area contributed by atoms with E-state index >= 15 is 0 Å². The molecule has 0 bridgehead atoms. The van der Waals surface area contributed by atoms with Crippen LogP contribution < -0.4 is 5.32 Å². The molecule has 0 aromatic heterocycles. The molecule has 0 aliphatic carbocycles. The van der Waals surface area contributed by atoms with Crippen LogP contribution >= 0.6 is 23.2 Å². The van der Waals surface area contributed by atoms with Crippen LogP contribution in [0.25, 0.3) is 0 Å². The number of carbonyl (C=O) groups excluding carboxylic acids is 2. The summed E-state index contributed by atoms with van der Waals surface area (Å²) in [5, 5.41) is 3.18. The Morgan fingerprint density at radius 1 is 1.12 bits per heavy atom.